The van der Waals surface area contributed by atoms with Gasteiger partial charge in [-0.2, -0.15) is 0 Å². The first-order valence-corrected chi connectivity index (χ1v) is 5.14. The standard InChI is InChI=1S/C11H14ClNO3/c1-11(2,3)16-10(14)7-5-8(12)13-9(6-7)15-4/h5-6H,1-4H3. The molecule has 0 aromatic carbocycles. The van der Waals surface area contributed by atoms with Gasteiger partial charge in [-0.05, 0) is 26.8 Å². The third-order valence-electron chi connectivity index (χ3n) is 1.61. The average molecular weight is 244 g/mol. The number of rotatable bonds is 2. The average Bonchev–Trinajstić information content (AvgIpc) is 2.14. The molecule has 5 heteroatoms. The van der Waals surface area contributed by atoms with E-state index in [9.17, 15) is 4.79 Å². The van der Waals surface area contributed by atoms with Gasteiger partial charge in [-0.1, -0.05) is 11.6 Å². The molecule has 0 spiro atoms. The Morgan fingerprint density at radius 2 is 2.00 bits per heavy atom. The van der Waals surface area contributed by atoms with E-state index >= 15 is 0 Å². The van der Waals surface area contributed by atoms with E-state index in [0.29, 0.717) is 5.56 Å². The van der Waals surface area contributed by atoms with Crippen molar-refractivity contribution in [2.24, 2.45) is 0 Å². The fraction of sp³-hybridized carbons (Fsp3) is 0.455. The Morgan fingerprint density at radius 1 is 1.38 bits per heavy atom. The fourth-order valence-electron chi connectivity index (χ4n) is 1.03. The Labute approximate surface area is 99.5 Å². The highest BCUT2D eigenvalue weighted by molar-refractivity contribution is 6.29. The lowest BCUT2D eigenvalue weighted by Crippen LogP contribution is -2.23. The Kier molecular flexibility index (Phi) is 3.75. The van der Waals surface area contributed by atoms with Gasteiger partial charge in [0, 0.05) is 6.07 Å². The van der Waals surface area contributed by atoms with Crippen LogP contribution in [0, 0.1) is 0 Å². The number of aromatic nitrogens is 1. The molecule has 1 heterocycles. The van der Waals surface area contributed by atoms with Crippen LogP contribution in [-0.2, 0) is 4.74 Å². The number of hydrogen-bond donors (Lipinski definition) is 0. The molecule has 0 bridgehead atoms. The first-order valence-electron chi connectivity index (χ1n) is 4.77. The summed E-state index contributed by atoms with van der Waals surface area (Å²) in [4.78, 5) is 15.6. The summed E-state index contributed by atoms with van der Waals surface area (Å²) in [6.45, 7) is 5.39. The molecule has 4 nitrogen and oxygen atoms in total. The molecule has 0 saturated carbocycles. The Morgan fingerprint density at radius 3 is 2.50 bits per heavy atom. The third kappa shape index (κ3) is 3.70. The zero-order valence-electron chi connectivity index (χ0n) is 9.70. The second-order valence-corrected chi connectivity index (χ2v) is 4.61. The van der Waals surface area contributed by atoms with Crippen molar-refractivity contribution in [3.8, 4) is 5.88 Å². The van der Waals surface area contributed by atoms with Crippen molar-refractivity contribution in [3.63, 3.8) is 0 Å². The van der Waals surface area contributed by atoms with Crippen LogP contribution in [0.5, 0.6) is 5.88 Å². The van der Waals surface area contributed by atoms with Crippen LogP contribution < -0.4 is 4.74 Å². The molecule has 1 aromatic rings. The summed E-state index contributed by atoms with van der Waals surface area (Å²) < 4.78 is 10.1. The van der Waals surface area contributed by atoms with Gasteiger partial charge in [0.15, 0.2) is 0 Å². The molecule has 88 valence electrons. The van der Waals surface area contributed by atoms with Gasteiger partial charge in [0.2, 0.25) is 5.88 Å². The highest BCUT2D eigenvalue weighted by Crippen LogP contribution is 2.19. The summed E-state index contributed by atoms with van der Waals surface area (Å²) in [5.41, 5.74) is -0.216. The summed E-state index contributed by atoms with van der Waals surface area (Å²) >= 11 is 5.75. The van der Waals surface area contributed by atoms with E-state index in [1.54, 1.807) is 20.8 Å². The van der Waals surface area contributed by atoms with Crippen LogP contribution in [0.3, 0.4) is 0 Å². The molecule has 1 aromatic heterocycles. The molecule has 0 aliphatic rings. The molecule has 0 atom stereocenters. The first kappa shape index (κ1) is 12.8. The van der Waals surface area contributed by atoms with E-state index in [0.717, 1.165) is 0 Å². The van der Waals surface area contributed by atoms with Gasteiger partial charge in [-0.15, -0.1) is 0 Å². The van der Waals surface area contributed by atoms with Crippen LogP contribution in [0.25, 0.3) is 0 Å². The van der Waals surface area contributed by atoms with E-state index in [1.165, 1.54) is 19.2 Å². The van der Waals surface area contributed by atoms with E-state index in [4.69, 9.17) is 21.1 Å². The van der Waals surface area contributed by atoms with Crippen LogP contribution >= 0.6 is 11.6 Å². The third-order valence-corrected chi connectivity index (χ3v) is 1.81. The summed E-state index contributed by atoms with van der Waals surface area (Å²) in [5.74, 6) is -0.163. The molecule has 1 rings (SSSR count). The summed E-state index contributed by atoms with van der Waals surface area (Å²) in [7, 11) is 1.46. The molecular weight excluding hydrogens is 230 g/mol. The zero-order chi connectivity index (χ0) is 12.3. The minimum Gasteiger partial charge on any atom is -0.481 e. The van der Waals surface area contributed by atoms with Gasteiger partial charge in [0.05, 0.1) is 12.7 Å². The van der Waals surface area contributed by atoms with E-state index < -0.39 is 11.6 Å². The molecule has 0 radical (unpaired) electrons. The predicted molar refractivity (Wildman–Crippen MR) is 61.0 cm³/mol. The lowest BCUT2D eigenvalue weighted by molar-refractivity contribution is 0.00690. The van der Waals surface area contributed by atoms with Crippen molar-refractivity contribution in [1.82, 2.24) is 4.98 Å². The number of ether oxygens (including phenoxy) is 2. The maximum absolute atomic E-state index is 11.7. The molecular formula is C11H14ClNO3. The molecule has 0 saturated heterocycles. The van der Waals surface area contributed by atoms with Gasteiger partial charge in [-0.25, -0.2) is 9.78 Å². The molecule has 0 aliphatic carbocycles. The predicted octanol–water partition coefficient (Wildman–Crippen LogP) is 2.70. The number of hydrogen-bond acceptors (Lipinski definition) is 4. The molecule has 16 heavy (non-hydrogen) atoms. The van der Waals surface area contributed by atoms with E-state index in [-0.39, 0.29) is 11.0 Å². The second kappa shape index (κ2) is 4.70. The molecule has 0 fully saturated rings. The molecule has 0 aliphatic heterocycles. The van der Waals surface area contributed by atoms with Gasteiger partial charge >= 0.3 is 5.97 Å². The van der Waals surface area contributed by atoms with Crippen LogP contribution in [0.15, 0.2) is 12.1 Å². The van der Waals surface area contributed by atoms with Gasteiger partial charge < -0.3 is 9.47 Å². The van der Waals surface area contributed by atoms with Crippen LogP contribution in [-0.4, -0.2) is 23.7 Å². The number of nitrogens with zero attached hydrogens (tertiary/aromatic N) is 1. The minimum absolute atomic E-state index is 0.195. The summed E-state index contributed by atoms with van der Waals surface area (Å²) in [6.07, 6.45) is 0. The SMILES string of the molecule is COc1cc(C(=O)OC(C)(C)C)cc(Cl)n1. The normalized spacial score (nSPS) is 11.1. The van der Waals surface area contributed by atoms with E-state index in [2.05, 4.69) is 4.98 Å². The van der Waals surface area contributed by atoms with Gasteiger partial charge in [-0.3, -0.25) is 0 Å². The zero-order valence-corrected chi connectivity index (χ0v) is 10.5. The number of halogens is 1. The Hall–Kier alpha value is -1.29. The monoisotopic (exact) mass is 243 g/mol. The second-order valence-electron chi connectivity index (χ2n) is 4.22. The van der Waals surface area contributed by atoms with Crippen molar-refractivity contribution in [2.45, 2.75) is 26.4 Å². The maximum Gasteiger partial charge on any atom is 0.338 e. The van der Waals surface area contributed by atoms with Crippen LogP contribution in [0.1, 0.15) is 31.1 Å². The van der Waals surface area contributed by atoms with Gasteiger partial charge in [0.1, 0.15) is 10.8 Å². The summed E-state index contributed by atoms with van der Waals surface area (Å²) in [6, 6.07) is 2.93. The Bertz CT molecular complexity index is 399. The van der Waals surface area contributed by atoms with Crippen molar-refractivity contribution in [3.05, 3.63) is 22.8 Å². The number of carbonyl (C=O) groups excluding carboxylic acids is 1. The maximum atomic E-state index is 11.7. The lowest BCUT2D eigenvalue weighted by Gasteiger charge is -2.19. The van der Waals surface area contributed by atoms with Crippen molar-refractivity contribution in [1.29, 1.82) is 0 Å². The topological polar surface area (TPSA) is 48.4 Å². The molecule has 0 amide bonds. The van der Waals surface area contributed by atoms with Crippen LogP contribution in [0.4, 0.5) is 0 Å². The summed E-state index contributed by atoms with van der Waals surface area (Å²) in [5, 5.41) is 0.195. The quantitative estimate of drug-likeness (QED) is 0.592. The van der Waals surface area contributed by atoms with Crippen molar-refractivity contribution in [2.75, 3.05) is 7.11 Å². The van der Waals surface area contributed by atoms with E-state index in [1.807, 2.05) is 0 Å². The molecule has 0 unspecified atom stereocenters. The lowest BCUT2D eigenvalue weighted by atomic mass is 10.2. The smallest absolute Gasteiger partial charge is 0.338 e. The molecule has 0 N–H and O–H groups in total. The highest BCUT2D eigenvalue weighted by atomic mass is 35.5. The van der Waals surface area contributed by atoms with Crippen LogP contribution in [0.2, 0.25) is 5.15 Å². The first-order chi connectivity index (χ1) is 7.31. The van der Waals surface area contributed by atoms with Crippen molar-refractivity contribution >= 4 is 17.6 Å². The van der Waals surface area contributed by atoms with Gasteiger partial charge in [0.25, 0.3) is 0 Å². The number of pyridine rings is 1. The largest absolute Gasteiger partial charge is 0.481 e. The number of carbonyl (C=O) groups is 1. The van der Waals surface area contributed by atoms with Crippen molar-refractivity contribution < 1.29 is 14.3 Å². The Balaban J connectivity index is 2.95. The number of methoxy groups -OCH3 is 1. The minimum atomic E-state index is -0.542. The highest BCUT2D eigenvalue weighted by Gasteiger charge is 2.19. The number of esters is 1. The fourth-order valence-corrected chi connectivity index (χ4v) is 1.23.